The summed E-state index contributed by atoms with van der Waals surface area (Å²) in [5.74, 6) is -1.27. The van der Waals surface area contributed by atoms with E-state index < -0.39 is 17.3 Å². The predicted octanol–water partition coefficient (Wildman–Crippen LogP) is 5.10. The van der Waals surface area contributed by atoms with E-state index in [1.807, 2.05) is 60.7 Å². The molecule has 0 N–H and O–H groups in total. The summed E-state index contributed by atoms with van der Waals surface area (Å²) in [7, 11) is 0. The van der Waals surface area contributed by atoms with Gasteiger partial charge in [-0.25, -0.2) is 4.90 Å². The fourth-order valence-corrected chi connectivity index (χ4v) is 5.20. The number of carbonyl (C=O) groups is 2. The topological polar surface area (TPSA) is 37.4 Å². The number of imide groups is 1. The number of hydrogen-bond acceptors (Lipinski definition) is 2. The second kappa shape index (κ2) is 6.20. The maximum absolute atomic E-state index is 13.4. The SMILES string of the molecule is O=C1[C@@H]2[C@H](C(=O)N1c1cc(Cl)cc(Cl)c1)C2(c1ccccc1)c1ccccc1. The molecule has 3 aromatic carbocycles. The number of benzene rings is 3. The molecule has 0 spiro atoms. The monoisotopic (exact) mass is 407 g/mol. The van der Waals surface area contributed by atoms with Gasteiger partial charge in [-0.2, -0.15) is 0 Å². The highest BCUT2D eigenvalue weighted by Gasteiger charge is 2.78. The maximum atomic E-state index is 13.4. The van der Waals surface area contributed by atoms with Crippen LogP contribution in [0.1, 0.15) is 11.1 Å². The van der Waals surface area contributed by atoms with Crippen LogP contribution in [0, 0.1) is 11.8 Å². The van der Waals surface area contributed by atoms with Crippen molar-refractivity contribution in [2.45, 2.75) is 5.41 Å². The van der Waals surface area contributed by atoms with Crippen molar-refractivity contribution in [3.8, 4) is 0 Å². The third-order valence-electron chi connectivity index (χ3n) is 5.79. The van der Waals surface area contributed by atoms with E-state index in [9.17, 15) is 9.59 Å². The van der Waals surface area contributed by atoms with Gasteiger partial charge in [-0.3, -0.25) is 9.59 Å². The van der Waals surface area contributed by atoms with Crippen molar-refractivity contribution >= 4 is 40.7 Å². The number of halogens is 2. The van der Waals surface area contributed by atoms with Crippen LogP contribution in [-0.4, -0.2) is 11.8 Å². The first-order valence-electron chi connectivity index (χ1n) is 9.00. The molecule has 1 saturated carbocycles. The summed E-state index contributed by atoms with van der Waals surface area (Å²) in [6, 6.07) is 24.4. The number of nitrogens with zero attached hydrogens (tertiary/aromatic N) is 1. The van der Waals surface area contributed by atoms with Crippen LogP contribution >= 0.6 is 23.2 Å². The first-order valence-corrected chi connectivity index (χ1v) is 9.75. The van der Waals surface area contributed by atoms with Gasteiger partial charge in [0.15, 0.2) is 0 Å². The molecule has 2 aliphatic rings. The number of anilines is 1. The van der Waals surface area contributed by atoms with Crippen molar-refractivity contribution in [2.24, 2.45) is 11.8 Å². The van der Waals surface area contributed by atoms with Crippen molar-refractivity contribution in [1.82, 2.24) is 0 Å². The van der Waals surface area contributed by atoms with Crippen molar-refractivity contribution in [3.05, 3.63) is 100 Å². The molecule has 0 unspecified atom stereocenters. The third-order valence-corrected chi connectivity index (χ3v) is 6.22. The number of rotatable bonds is 3. The number of carbonyl (C=O) groups excluding carboxylic acids is 2. The Hall–Kier alpha value is -2.62. The lowest BCUT2D eigenvalue weighted by Crippen LogP contribution is -2.39. The van der Waals surface area contributed by atoms with Crippen LogP contribution in [0.4, 0.5) is 5.69 Å². The molecule has 1 aliphatic carbocycles. The molecular formula is C23H15Cl2NO2. The van der Waals surface area contributed by atoms with Gasteiger partial charge in [0.1, 0.15) is 0 Å². The van der Waals surface area contributed by atoms with E-state index in [4.69, 9.17) is 23.2 Å². The summed E-state index contributed by atoms with van der Waals surface area (Å²) in [5.41, 5.74) is 1.79. The van der Waals surface area contributed by atoms with E-state index in [1.54, 1.807) is 18.2 Å². The van der Waals surface area contributed by atoms with Gasteiger partial charge in [0.2, 0.25) is 11.8 Å². The summed E-state index contributed by atoms with van der Waals surface area (Å²) in [4.78, 5) is 28.0. The third kappa shape index (κ3) is 2.30. The minimum Gasteiger partial charge on any atom is -0.274 e. The molecule has 2 fully saturated rings. The molecule has 2 amide bonds. The molecule has 2 atom stereocenters. The largest absolute Gasteiger partial charge is 0.274 e. The van der Waals surface area contributed by atoms with Crippen LogP contribution in [0.5, 0.6) is 0 Å². The molecule has 0 radical (unpaired) electrons. The Morgan fingerprint density at radius 2 is 1.11 bits per heavy atom. The van der Waals surface area contributed by atoms with Gasteiger partial charge in [0.05, 0.1) is 17.5 Å². The fourth-order valence-electron chi connectivity index (χ4n) is 4.68. The molecule has 1 saturated heterocycles. The van der Waals surface area contributed by atoms with E-state index >= 15 is 0 Å². The van der Waals surface area contributed by atoms with Crippen molar-refractivity contribution < 1.29 is 9.59 Å². The molecule has 5 rings (SSSR count). The van der Waals surface area contributed by atoms with E-state index in [0.29, 0.717) is 15.7 Å². The van der Waals surface area contributed by atoms with Crippen molar-refractivity contribution in [3.63, 3.8) is 0 Å². The molecule has 3 aromatic rings. The quantitative estimate of drug-likeness (QED) is 0.566. The molecule has 0 bridgehead atoms. The Labute approximate surface area is 172 Å². The van der Waals surface area contributed by atoms with Crippen molar-refractivity contribution in [1.29, 1.82) is 0 Å². The summed E-state index contributed by atoms with van der Waals surface area (Å²) < 4.78 is 0. The molecule has 5 heteroatoms. The first-order chi connectivity index (χ1) is 13.5. The highest BCUT2D eigenvalue weighted by molar-refractivity contribution is 6.36. The van der Waals surface area contributed by atoms with Gasteiger partial charge in [-0.15, -0.1) is 0 Å². The molecule has 1 heterocycles. The highest BCUT2D eigenvalue weighted by atomic mass is 35.5. The van der Waals surface area contributed by atoms with Crippen LogP contribution in [0.3, 0.4) is 0 Å². The Morgan fingerprint density at radius 3 is 1.54 bits per heavy atom. The van der Waals surface area contributed by atoms with Gasteiger partial charge >= 0.3 is 0 Å². The Kier molecular flexibility index (Phi) is 3.87. The lowest BCUT2D eigenvalue weighted by Gasteiger charge is -2.26. The Bertz CT molecular complexity index is 1010. The van der Waals surface area contributed by atoms with Crippen molar-refractivity contribution in [2.75, 3.05) is 4.90 Å². The molecule has 0 aromatic heterocycles. The number of hydrogen-bond donors (Lipinski definition) is 0. The van der Waals surface area contributed by atoms with Crippen LogP contribution < -0.4 is 4.90 Å². The summed E-state index contributed by atoms with van der Waals surface area (Å²) >= 11 is 12.2. The molecule has 1 aliphatic heterocycles. The zero-order chi connectivity index (χ0) is 19.5. The number of fused-ring (bicyclic) bond motifs is 1. The Balaban J connectivity index is 1.62. The van der Waals surface area contributed by atoms with Gasteiger partial charge < -0.3 is 0 Å². The predicted molar refractivity (Wildman–Crippen MR) is 110 cm³/mol. The second-order valence-corrected chi connectivity index (χ2v) is 8.07. The normalized spacial score (nSPS) is 22.3. The summed E-state index contributed by atoms with van der Waals surface area (Å²) in [6.45, 7) is 0. The van der Waals surface area contributed by atoms with Gasteiger partial charge in [-0.1, -0.05) is 83.9 Å². The summed E-state index contributed by atoms with van der Waals surface area (Å²) in [6.07, 6.45) is 0. The molecular weight excluding hydrogens is 393 g/mol. The van der Waals surface area contributed by atoms with E-state index in [2.05, 4.69) is 0 Å². The molecule has 3 nitrogen and oxygen atoms in total. The molecule has 138 valence electrons. The van der Waals surface area contributed by atoms with Crippen LogP contribution in [0.15, 0.2) is 78.9 Å². The minimum atomic E-state index is -0.616. The van der Waals surface area contributed by atoms with E-state index in [0.717, 1.165) is 11.1 Å². The lowest BCUT2D eigenvalue weighted by atomic mass is 9.83. The van der Waals surface area contributed by atoms with Crippen LogP contribution in [0.2, 0.25) is 10.0 Å². The minimum absolute atomic E-state index is 0.207. The number of amides is 2. The zero-order valence-corrected chi connectivity index (χ0v) is 16.2. The average Bonchev–Trinajstić information content (AvgIpc) is 3.32. The smallest absolute Gasteiger partial charge is 0.239 e. The zero-order valence-electron chi connectivity index (χ0n) is 14.7. The molecule has 28 heavy (non-hydrogen) atoms. The van der Waals surface area contributed by atoms with E-state index in [1.165, 1.54) is 4.90 Å². The first kappa shape index (κ1) is 17.5. The van der Waals surface area contributed by atoms with Crippen LogP contribution in [-0.2, 0) is 15.0 Å². The van der Waals surface area contributed by atoms with Gasteiger partial charge in [0, 0.05) is 15.5 Å². The lowest BCUT2D eigenvalue weighted by molar-refractivity contribution is -0.124. The maximum Gasteiger partial charge on any atom is 0.239 e. The standard InChI is InChI=1S/C23H15Cl2NO2/c24-16-11-17(25)13-18(12-16)26-21(27)19-20(22(26)28)23(19,14-7-3-1-4-8-14)15-9-5-2-6-10-15/h1-13,19-20H/t19-,20+. The second-order valence-electron chi connectivity index (χ2n) is 7.20. The van der Waals surface area contributed by atoms with E-state index in [-0.39, 0.29) is 11.8 Å². The average molecular weight is 408 g/mol. The number of piperidine rings is 1. The van der Waals surface area contributed by atoms with Crippen LogP contribution in [0.25, 0.3) is 0 Å². The highest BCUT2D eigenvalue weighted by Crippen LogP contribution is 2.68. The Morgan fingerprint density at radius 1 is 0.679 bits per heavy atom. The summed E-state index contributed by atoms with van der Waals surface area (Å²) in [5, 5.41) is 0.780. The van der Waals surface area contributed by atoms with Gasteiger partial charge in [0.25, 0.3) is 0 Å². The fraction of sp³-hybridized carbons (Fsp3) is 0.130. The van der Waals surface area contributed by atoms with Gasteiger partial charge in [-0.05, 0) is 29.3 Å².